The van der Waals surface area contributed by atoms with Crippen molar-refractivity contribution in [3.63, 3.8) is 0 Å². The van der Waals surface area contributed by atoms with Crippen molar-refractivity contribution in [1.82, 2.24) is 24.1 Å². The summed E-state index contributed by atoms with van der Waals surface area (Å²) in [5, 5.41) is 9.41. The highest BCUT2D eigenvalue weighted by Gasteiger charge is 2.24. The van der Waals surface area contributed by atoms with Gasteiger partial charge in [0.05, 0.1) is 22.1 Å². The Morgan fingerprint density at radius 2 is 0.629 bits per heavy atom. The lowest BCUT2D eigenvalue weighted by atomic mass is 9.99. The second-order valence-corrected chi connectivity index (χ2v) is 18.0. The second kappa shape index (κ2) is 16.1. The van der Waals surface area contributed by atoms with Crippen LogP contribution in [0.25, 0.3) is 133 Å². The van der Waals surface area contributed by atoms with Crippen LogP contribution in [0.4, 0.5) is 0 Å². The predicted molar refractivity (Wildman–Crippen MR) is 291 cm³/mol. The molecule has 5 heteroatoms. The van der Waals surface area contributed by atoms with Crippen LogP contribution in [0.5, 0.6) is 0 Å². The first kappa shape index (κ1) is 39.7. The fourth-order valence-electron chi connectivity index (χ4n) is 10.5. The fourth-order valence-corrected chi connectivity index (χ4v) is 10.5. The molecular weight excluding hydrogens is 851 g/mol. The number of fused-ring (bicyclic) bond motifs is 9. The molecule has 0 amide bonds. The Labute approximate surface area is 403 Å². The van der Waals surface area contributed by atoms with Crippen LogP contribution >= 0.6 is 0 Å². The number of rotatable bonds is 7. The average molecular weight is 892 g/mol. The minimum atomic E-state index is 0.545. The van der Waals surface area contributed by atoms with Gasteiger partial charge in [-0.2, -0.15) is 9.97 Å². The Kier molecular flexibility index (Phi) is 9.14. The van der Waals surface area contributed by atoms with Crippen molar-refractivity contribution in [3.8, 4) is 67.8 Å². The van der Waals surface area contributed by atoms with Gasteiger partial charge in [0, 0.05) is 38.4 Å². The summed E-state index contributed by atoms with van der Waals surface area (Å²) in [7, 11) is 0. The van der Waals surface area contributed by atoms with Crippen molar-refractivity contribution in [2.75, 3.05) is 0 Å². The van der Waals surface area contributed by atoms with E-state index in [1.807, 2.05) is 24.3 Å². The summed E-state index contributed by atoms with van der Waals surface area (Å²) in [4.78, 5) is 16.1. The molecule has 0 spiro atoms. The molecular formula is C65H41N5. The number of nitrogens with zero attached hydrogens (tertiary/aromatic N) is 5. The van der Waals surface area contributed by atoms with E-state index in [9.17, 15) is 0 Å². The summed E-state index contributed by atoms with van der Waals surface area (Å²) < 4.78 is 4.72. The topological polar surface area (TPSA) is 48.5 Å². The third-order valence-electron chi connectivity index (χ3n) is 13.9. The first-order valence-electron chi connectivity index (χ1n) is 23.8. The molecule has 0 fully saturated rings. The smallest absolute Gasteiger partial charge is 0.238 e. The summed E-state index contributed by atoms with van der Waals surface area (Å²) in [6, 6.07) is 89.0. The van der Waals surface area contributed by atoms with Crippen LogP contribution in [0, 0.1) is 0 Å². The van der Waals surface area contributed by atoms with Gasteiger partial charge in [0.1, 0.15) is 0 Å². The third-order valence-corrected chi connectivity index (χ3v) is 13.9. The Hall–Kier alpha value is -9.45. The molecule has 326 valence electrons. The van der Waals surface area contributed by atoms with Gasteiger partial charge in [-0.3, -0.25) is 4.57 Å². The molecule has 0 saturated carbocycles. The first-order valence-corrected chi connectivity index (χ1v) is 23.8. The quantitative estimate of drug-likeness (QED) is 0.160. The number of aromatic nitrogens is 5. The SMILES string of the molecule is c1ccc(-c2ccc(-c3nc(-c4ccccc4)nc(-n4c5ccc(-c6ccc7ccccc7c6)cc5c5ccc6c7cc(-c8ccc9ccccc9c8)ccc7n(-c7ccccc7)c6c54)n3)cc2)cc1. The van der Waals surface area contributed by atoms with E-state index in [0.717, 1.165) is 77.3 Å². The van der Waals surface area contributed by atoms with E-state index in [4.69, 9.17) is 15.0 Å². The molecule has 3 aromatic heterocycles. The Morgan fingerprint density at radius 3 is 1.19 bits per heavy atom. The van der Waals surface area contributed by atoms with Gasteiger partial charge >= 0.3 is 0 Å². The van der Waals surface area contributed by atoms with E-state index in [0.29, 0.717) is 17.6 Å². The van der Waals surface area contributed by atoms with Gasteiger partial charge < -0.3 is 4.57 Å². The van der Waals surface area contributed by atoms with Crippen molar-refractivity contribution < 1.29 is 0 Å². The minimum absolute atomic E-state index is 0.545. The van der Waals surface area contributed by atoms with Crippen molar-refractivity contribution in [1.29, 1.82) is 0 Å². The van der Waals surface area contributed by atoms with Crippen LogP contribution in [0.15, 0.2) is 249 Å². The lowest BCUT2D eigenvalue weighted by Crippen LogP contribution is -2.07. The van der Waals surface area contributed by atoms with E-state index < -0.39 is 0 Å². The van der Waals surface area contributed by atoms with Crippen LogP contribution in [0.3, 0.4) is 0 Å². The van der Waals surface area contributed by atoms with E-state index in [-0.39, 0.29) is 0 Å². The standard InChI is InChI=1S/C65H41N5/c1-4-14-42(15-5-1)45-24-28-47(29-25-45)64-66-63(46-18-6-2-7-19-46)67-65(68-64)70-60-37-33-53(51-31-27-44-17-11-13-21-49(44)39-51)41-58(60)56-35-34-55-57-40-52(50-30-26-43-16-10-12-20-48(43)38-50)32-36-59(57)69(61(55)62(56)70)54-22-8-3-9-23-54/h1-41H. The third kappa shape index (κ3) is 6.59. The van der Waals surface area contributed by atoms with E-state index in [1.165, 1.54) is 38.1 Å². The van der Waals surface area contributed by atoms with Gasteiger partial charge in [0.25, 0.3) is 0 Å². The summed E-state index contributed by atoms with van der Waals surface area (Å²) >= 11 is 0. The molecule has 0 aliphatic rings. The van der Waals surface area contributed by atoms with Crippen LogP contribution in [0.1, 0.15) is 0 Å². The van der Waals surface area contributed by atoms with Crippen molar-refractivity contribution in [2.24, 2.45) is 0 Å². The molecule has 3 heterocycles. The van der Waals surface area contributed by atoms with Gasteiger partial charge in [-0.15, -0.1) is 0 Å². The van der Waals surface area contributed by atoms with Crippen LogP contribution < -0.4 is 0 Å². The number of hydrogen-bond donors (Lipinski definition) is 0. The van der Waals surface area contributed by atoms with Crippen molar-refractivity contribution in [2.45, 2.75) is 0 Å². The number of para-hydroxylation sites is 1. The molecule has 0 N–H and O–H groups in total. The molecule has 0 saturated heterocycles. The molecule has 0 radical (unpaired) electrons. The van der Waals surface area contributed by atoms with E-state index in [2.05, 4.69) is 234 Å². The van der Waals surface area contributed by atoms with Gasteiger partial charge in [-0.1, -0.05) is 200 Å². The largest absolute Gasteiger partial charge is 0.307 e. The van der Waals surface area contributed by atoms with Gasteiger partial charge in [0.15, 0.2) is 11.6 Å². The molecule has 0 bridgehead atoms. The first-order chi connectivity index (χ1) is 34.7. The Morgan fingerprint density at radius 1 is 0.243 bits per heavy atom. The Balaban J connectivity index is 1.08. The van der Waals surface area contributed by atoms with Crippen LogP contribution in [0.2, 0.25) is 0 Å². The highest BCUT2D eigenvalue weighted by atomic mass is 15.2. The summed E-state index contributed by atoms with van der Waals surface area (Å²) in [6.45, 7) is 0. The maximum atomic E-state index is 5.46. The van der Waals surface area contributed by atoms with E-state index >= 15 is 0 Å². The summed E-state index contributed by atoms with van der Waals surface area (Å²) in [6.07, 6.45) is 0. The maximum Gasteiger partial charge on any atom is 0.238 e. The van der Waals surface area contributed by atoms with Gasteiger partial charge in [-0.25, -0.2) is 4.98 Å². The highest BCUT2D eigenvalue weighted by molar-refractivity contribution is 6.24. The average Bonchev–Trinajstić information content (AvgIpc) is 3.96. The molecule has 0 atom stereocenters. The zero-order chi connectivity index (χ0) is 46.1. The molecule has 70 heavy (non-hydrogen) atoms. The lowest BCUT2D eigenvalue weighted by Gasteiger charge is -2.13. The summed E-state index contributed by atoms with van der Waals surface area (Å²) in [5.74, 6) is 1.75. The molecule has 11 aromatic carbocycles. The summed E-state index contributed by atoms with van der Waals surface area (Å²) in [5.41, 5.74) is 14.0. The molecule has 0 aliphatic heterocycles. The molecule has 14 aromatic rings. The van der Waals surface area contributed by atoms with Crippen molar-refractivity contribution in [3.05, 3.63) is 249 Å². The molecule has 14 rings (SSSR count). The zero-order valence-electron chi connectivity index (χ0n) is 37.9. The van der Waals surface area contributed by atoms with Crippen LogP contribution in [-0.2, 0) is 0 Å². The molecule has 0 unspecified atom stereocenters. The van der Waals surface area contributed by atoms with Crippen molar-refractivity contribution >= 4 is 65.2 Å². The molecule has 5 nitrogen and oxygen atoms in total. The highest BCUT2D eigenvalue weighted by Crippen LogP contribution is 2.44. The maximum absolute atomic E-state index is 5.46. The monoisotopic (exact) mass is 891 g/mol. The van der Waals surface area contributed by atoms with Crippen LogP contribution in [-0.4, -0.2) is 24.1 Å². The number of hydrogen-bond acceptors (Lipinski definition) is 3. The normalized spacial score (nSPS) is 11.7. The minimum Gasteiger partial charge on any atom is -0.307 e. The van der Waals surface area contributed by atoms with Gasteiger partial charge in [0.2, 0.25) is 5.95 Å². The Bertz CT molecular complexity index is 4330. The lowest BCUT2D eigenvalue weighted by molar-refractivity contribution is 0.953. The second-order valence-electron chi connectivity index (χ2n) is 18.0. The predicted octanol–water partition coefficient (Wildman–Crippen LogP) is 16.7. The molecule has 0 aliphatic carbocycles. The number of benzene rings is 11. The van der Waals surface area contributed by atoms with Gasteiger partial charge in [-0.05, 0) is 103 Å². The zero-order valence-corrected chi connectivity index (χ0v) is 37.9. The fraction of sp³-hybridized carbons (Fsp3) is 0. The van der Waals surface area contributed by atoms with E-state index in [1.54, 1.807) is 0 Å².